The van der Waals surface area contributed by atoms with Gasteiger partial charge < -0.3 is 4.74 Å². The normalized spacial score (nSPS) is 12.2. The van der Waals surface area contributed by atoms with Gasteiger partial charge in [-0.2, -0.15) is 0 Å². The molecule has 0 unspecified atom stereocenters. The van der Waals surface area contributed by atoms with Crippen molar-refractivity contribution in [2.24, 2.45) is 5.14 Å². The molecular weight excluding hydrogens is 242 g/mol. The number of nitrogens with two attached hydrogens (primary N) is 1. The van der Waals surface area contributed by atoms with Crippen LogP contribution in [0.15, 0.2) is 29.2 Å². The Kier molecular flexibility index (Phi) is 3.59. The molecule has 94 valence electrons. The van der Waals surface area contributed by atoms with E-state index in [9.17, 15) is 13.2 Å². The molecule has 6 heteroatoms. The highest BCUT2D eigenvalue weighted by molar-refractivity contribution is 7.89. The van der Waals surface area contributed by atoms with E-state index in [0.29, 0.717) is 0 Å². The smallest absolute Gasteiger partial charge is 0.338 e. The average molecular weight is 257 g/mol. The Morgan fingerprint density at radius 2 is 1.88 bits per heavy atom. The van der Waals surface area contributed by atoms with E-state index in [-0.39, 0.29) is 10.5 Å². The van der Waals surface area contributed by atoms with Gasteiger partial charge in [0.25, 0.3) is 0 Å². The van der Waals surface area contributed by atoms with Gasteiger partial charge in [0, 0.05) is 0 Å². The van der Waals surface area contributed by atoms with Crippen molar-refractivity contribution in [3.63, 3.8) is 0 Å². The molecule has 0 aliphatic rings. The van der Waals surface area contributed by atoms with E-state index >= 15 is 0 Å². The molecule has 0 aromatic heterocycles. The van der Waals surface area contributed by atoms with E-state index in [1.807, 2.05) is 0 Å². The number of hydrogen-bond donors (Lipinski definition) is 1. The Labute approximate surface area is 101 Å². The molecule has 1 aromatic rings. The van der Waals surface area contributed by atoms with E-state index in [1.54, 1.807) is 20.8 Å². The van der Waals surface area contributed by atoms with Gasteiger partial charge in [0.15, 0.2) is 0 Å². The van der Waals surface area contributed by atoms with Gasteiger partial charge in [0.05, 0.1) is 10.5 Å². The zero-order valence-corrected chi connectivity index (χ0v) is 10.7. The molecule has 0 saturated heterocycles. The zero-order chi connectivity index (χ0) is 13.3. The summed E-state index contributed by atoms with van der Waals surface area (Å²) in [5.74, 6) is -0.581. The molecular formula is C11H15NO4S. The van der Waals surface area contributed by atoms with E-state index in [0.717, 1.165) is 0 Å². The van der Waals surface area contributed by atoms with Crippen LogP contribution in [0.25, 0.3) is 0 Å². The first-order chi connectivity index (χ1) is 7.59. The third-order valence-electron chi connectivity index (χ3n) is 1.80. The quantitative estimate of drug-likeness (QED) is 0.809. The summed E-state index contributed by atoms with van der Waals surface area (Å²) in [7, 11) is -3.81. The van der Waals surface area contributed by atoms with E-state index in [1.165, 1.54) is 24.3 Å². The van der Waals surface area contributed by atoms with Gasteiger partial charge in [0.2, 0.25) is 10.0 Å². The lowest BCUT2D eigenvalue weighted by molar-refractivity contribution is 0.00693. The van der Waals surface area contributed by atoms with Crippen LogP contribution in [0.4, 0.5) is 0 Å². The SMILES string of the molecule is CC(C)(C)OC(=O)c1cccc(S(N)(=O)=O)c1. The Hall–Kier alpha value is -1.40. The maximum Gasteiger partial charge on any atom is 0.338 e. The molecule has 0 atom stereocenters. The lowest BCUT2D eigenvalue weighted by Gasteiger charge is -2.19. The Morgan fingerprint density at radius 1 is 1.29 bits per heavy atom. The maximum absolute atomic E-state index is 11.7. The standard InChI is InChI=1S/C11H15NO4S/c1-11(2,3)16-10(13)8-5-4-6-9(7-8)17(12,14)15/h4-7H,1-3H3,(H2,12,14,15). The highest BCUT2D eigenvalue weighted by atomic mass is 32.2. The Morgan fingerprint density at radius 3 is 2.35 bits per heavy atom. The van der Waals surface area contributed by atoms with Crippen LogP contribution < -0.4 is 5.14 Å². The second kappa shape index (κ2) is 4.46. The molecule has 0 aliphatic heterocycles. The molecule has 0 spiro atoms. The van der Waals surface area contributed by atoms with Crippen LogP contribution in [0.2, 0.25) is 0 Å². The van der Waals surface area contributed by atoms with Crippen LogP contribution in [0, 0.1) is 0 Å². The summed E-state index contributed by atoms with van der Waals surface area (Å²) >= 11 is 0. The molecule has 5 nitrogen and oxygen atoms in total. The van der Waals surface area contributed by atoms with Gasteiger partial charge in [-0.3, -0.25) is 0 Å². The highest BCUT2D eigenvalue weighted by Crippen LogP contribution is 2.15. The summed E-state index contributed by atoms with van der Waals surface area (Å²) in [4.78, 5) is 11.6. The van der Waals surface area contributed by atoms with E-state index < -0.39 is 21.6 Å². The van der Waals surface area contributed by atoms with Crippen molar-refractivity contribution in [2.45, 2.75) is 31.3 Å². The van der Waals surface area contributed by atoms with Gasteiger partial charge in [-0.1, -0.05) is 6.07 Å². The third kappa shape index (κ3) is 4.16. The fourth-order valence-electron chi connectivity index (χ4n) is 1.14. The summed E-state index contributed by atoms with van der Waals surface area (Å²) in [6.45, 7) is 5.19. The van der Waals surface area contributed by atoms with Crippen molar-refractivity contribution in [3.8, 4) is 0 Å². The van der Waals surface area contributed by atoms with Gasteiger partial charge in [-0.05, 0) is 39.0 Å². The number of carbonyl (C=O) groups excluding carboxylic acids is 1. The molecule has 0 aliphatic carbocycles. The van der Waals surface area contributed by atoms with Crippen LogP contribution in [0.1, 0.15) is 31.1 Å². The van der Waals surface area contributed by atoms with Gasteiger partial charge in [-0.15, -0.1) is 0 Å². The summed E-state index contributed by atoms with van der Waals surface area (Å²) in [5.41, 5.74) is -0.472. The summed E-state index contributed by atoms with van der Waals surface area (Å²) < 4.78 is 27.4. The maximum atomic E-state index is 11.7. The molecule has 1 rings (SSSR count). The fourth-order valence-corrected chi connectivity index (χ4v) is 1.70. The fraction of sp³-hybridized carbons (Fsp3) is 0.364. The first kappa shape index (κ1) is 13.7. The molecule has 0 heterocycles. The second-order valence-electron chi connectivity index (χ2n) is 4.57. The molecule has 1 aromatic carbocycles. The molecule has 0 bridgehead atoms. The van der Waals surface area contributed by atoms with Gasteiger partial charge in [-0.25, -0.2) is 18.4 Å². The van der Waals surface area contributed by atoms with Crippen LogP contribution in [0.5, 0.6) is 0 Å². The number of primary sulfonamides is 1. The number of hydrogen-bond acceptors (Lipinski definition) is 4. The molecule has 0 radical (unpaired) electrons. The predicted molar refractivity (Wildman–Crippen MR) is 63.0 cm³/mol. The van der Waals surface area contributed by atoms with E-state index in [2.05, 4.69) is 0 Å². The van der Waals surface area contributed by atoms with Gasteiger partial charge in [0.1, 0.15) is 5.60 Å². The lowest BCUT2D eigenvalue weighted by Crippen LogP contribution is -2.24. The highest BCUT2D eigenvalue weighted by Gasteiger charge is 2.19. The Balaban J connectivity index is 3.05. The molecule has 17 heavy (non-hydrogen) atoms. The first-order valence-corrected chi connectivity index (χ1v) is 6.50. The molecule has 2 N–H and O–H groups in total. The zero-order valence-electron chi connectivity index (χ0n) is 9.93. The van der Waals surface area contributed by atoms with Crippen LogP contribution >= 0.6 is 0 Å². The number of carbonyl (C=O) groups is 1. The molecule has 0 fully saturated rings. The number of benzene rings is 1. The minimum atomic E-state index is -3.81. The van der Waals surface area contributed by atoms with Crippen LogP contribution in [0.3, 0.4) is 0 Å². The van der Waals surface area contributed by atoms with Crippen LogP contribution in [-0.4, -0.2) is 20.0 Å². The van der Waals surface area contributed by atoms with Crippen molar-refractivity contribution >= 4 is 16.0 Å². The monoisotopic (exact) mass is 257 g/mol. The molecule has 0 saturated carbocycles. The minimum Gasteiger partial charge on any atom is -0.456 e. The largest absolute Gasteiger partial charge is 0.456 e. The Bertz CT molecular complexity index is 529. The van der Waals surface area contributed by atoms with Crippen molar-refractivity contribution in [3.05, 3.63) is 29.8 Å². The summed E-state index contributed by atoms with van der Waals surface area (Å²) in [5, 5.41) is 4.97. The average Bonchev–Trinajstić information content (AvgIpc) is 2.14. The van der Waals surface area contributed by atoms with Gasteiger partial charge >= 0.3 is 5.97 Å². The minimum absolute atomic E-state index is 0.110. The lowest BCUT2D eigenvalue weighted by atomic mass is 10.2. The predicted octanol–water partition coefficient (Wildman–Crippen LogP) is 1.29. The van der Waals surface area contributed by atoms with Crippen LogP contribution in [-0.2, 0) is 14.8 Å². The first-order valence-electron chi connectivity index (χ1n) is 4.96. The van der Waals surface area contributed by atoms with E-state index in [4.69, 9.17) is 9.88 Å². The van der Waals surface area contributed by atoms with Crippen molar-refractivity contribution in [1.82, 2.24) is 0 Å². The molecule has 0 amide bonds. The number of ether oxygens (including phenoxy) is 1. The van der Waals surface area contributed by atoms with Crippen molar-refractivity contribution in [1.29, 1.82) is 0 Å². The summed E-state index contributed by atoms with van der Waals surface area (Å²) in [6, 6.07) is 5.44. The number of sulfonamides is 1. The number of rotatable bonds is 2. The van der Waals surface area contributed by atoms with Crippen molar-refractivity contribution < 1.29 is 17.9 Å². The second-order valence-corrected chi connectivity index (χ2v) is 6.14. The third-order valence-corrected chi connectivity index (χ3v) is 2.71. The topological polar surface area (TPSA) is 86.5 Å². The number of esters is 1. The summed E-state index contributed by atoms with van der Waals surface area (Å²) in [6.07, 6.45) is 0. The van der Waals surface area contributed by atoms with Crippen molar-refractivity contribution in [2.75, 3.05) is 0 Å².